The highest BCUT2D eigenvalue weighted by molar-refractivity contribution is 6.01. The fourth-order valence-corrected chi connectivity index (χ4v) is 4.42. The van der Waals surface area contributed by atoms with E-state index >= 15 is 0 Å². The first-order valence-corrected chi connectivity index (χ1v) is 14.0. The third-order valence-electron chi connectivity index (χ3n) is 6.90. The molecule has 3 aromatic rings. The van der Waals surface area contributed by atoms with Crippen LogP contribution in [0.1, 0.15) is 63.7 Å². The number of hydrogen-bond donors (Lipinski definition) is 0. The average molecular weight is 603 g/mol. The second-order valence-corrected chi connectivity index (χ2v) is 10.0. The van der Waals surface area contributed by atoms with Gasteiger partial charge in [0.2, 0.25) is 5.91 Å². The SMILES string of the molecule is CCCCCOC(=O)c1ccc(N2C[C@@H](C(=O)OCC(=O)c3ccc(OC(=O)c4ccc([N+](=O)[O-])cc4)cc3)CC2=O)cc1. The summed E-state index contributed by atoms with van der Waals surface area (Å²) in [6.07, 6.45) is 2.71. The standard InChI is InChI=1S/C32H30N2O10/c1-2-3-4-17-42-30(37)22-5-11-25(12-6-22)33-19-24(18-29(33)36)31(38)43-20-28(35)21-9-15-27(16-10-21)44-32(39)23-7-13-26(14-8-23)34(40)41/h5-16,24H,2-4,17-20H2,1H3/t24-/m0/s1. The predicted octanol–water partition coefficient (Wildman–Crippen LogP) is 4.94. The fourth-order valence-electron chi connectivity index (χ4n) is 4.42. The van der Waals surface area contributed by atoms with Gasteiger partial charge in [-0.15, -0.1) is 0 Å². The van der Waals surface area contributed by atoms with Gasteiger partial charge in [0.05, 0.1) is 28.6 Å². The molecule has 1 amide bonds. The lowest BCUT2D eigenvalue weighted by molar-refractivity contribution is -0.384. The van der Waals surface area contributed by atoms with Crippen molar-refractivity contribution < 1.29 is 43.1 Å². The van der Waals surface area contributed by atoms with Gasteiger partial charge in [-0.25, -0.2) is 9.59 Å². The van der Waals surface area contributed by atoms with Crippen molar-refractivity contribution in [3.63, 3.8) is 0 Å². The number of benzene rings is 3. The first kappa shape index (κ1) is 31.5. The number of ketones is 1. The van der Waals surface area contributed by atoms with Crippen LogP contribution in [0, 0.1) is 16.0 Å². The number of ether oxygens (including phenoxy) is 3. The molecule has 0 radical (unpaired) electrons. The summed E-state index contributed by atoms with van der Waals surface area (Å²) in [4.78, 5) is 73.9. The molecule has 1 aliphatic rings. The maximum atomic E-state index is 12.7. The number of rotatable bonds is 13. The first-order chi connectivity index (χ1) is 21.2. The van der Waals surface area contributed by atoms with Gasteiger partial charge < -0.3 is 19.1 Å². The van der Waals surface area contributed by atoms with Crippen molar-refractivity contribution in [1.82, 2.24) is 0 Å². The second kappa shape index (κ2) is 14.7. The highest BCUT2D eigenvalue weighted by Gasteiger charge is 2.36. The van der Waals surface area contributed by atoms with E-state index in [2.05, 4.69) is 6.92 Å². The maximum absolute atomic E-state index is 12.7. The van der Waals surface area contributed by atoms with Crippen LogP contribution in [0.4, 0.5) is 11.4 Å². The minimum absolute atomic E-state index is 0.0709. The van der Waals surface area contributed by atoms with Gasteiger partial charge in [-0.3, -0.25) is 24.5 Å². The summed E-state index contributed by atoms with van der Waals surface area (Å²) in [5.41, 5.74) is 1.05. The summed E-state index contributed by atoms with van der Waals surface area (Å²) in [6, 6.07) is 16.9. The van der Waals surface area contributed by atoms with Crippen LogP contribution in [-0.2, 0) is 19.1 Å². The third-order valence-corrected chi connectivity index (χ3v) is 6.90. The summed E-state index contributed by atoms with van der Waals surface area (Å²) >= 11 is 0. The quantitative estimate of drug-likeness (QED) is 0.0655. The first-order valence-electron chi connectivity index (χ1n) is 14.0. The molecule has 0 N–H and O–H groups in total. The van der Waals surface area contributed by atoms with Crippen molar-refractivity contribution >= 4 is 41.0 Å². The number of esters is 3. The summed E-state index contributed by atoms with van der Waals surface area (Å²) < 4.78 is 15.7. The zero-order valence-electron chi connectivity index (χ0n) is 23.9. The Kier molecular flexibility index (Phi) is 10.5. The number of carbonyl (C=O) groups is 5. The predicted molar refractivity (Wildman–Crippen MR) is 156 cm³/mol. The van der Waals surface area contributed by atoms with Gasteiger partial charge >= 0.3 is 17.9 Å². The molecule has 1 fully saturated rings. The number of unbranched alkanes of at least 4 members (excludes halogenated alkanes) is 2. The molecule has 1 aliphatic heterocycles. The zero-order valence-corrected chi connectivity index (χ0v) is 23.9. The number of hydrogen-bond acceptors (Lipinski definition) is 10. The van der Waals surface area contributed by atoms with E-state index < -0.39 is 41.1 Å². The minimum atomic E-state index is -0.764. The van der Waals surface area contributed by atoms with E-state index in [0.717, 1.165) is 19.3 Å². The number of non-ortho nitro benzene ring substituents is 1. The summed E-state index contributed by atoms with van der Waals surface area (Å²) in [5, 5.41) is 10.8. The number of carbonyl (C=O) groups excluding carboxylic acids is 5. The van der Waals surface area contributed by atoms with Crippen LogP contribution in [0.2, 0.25) is 0 Å². The third kappa shape index (κ3) is 8.12. The summed E-state index contributed by atoms with van der Waals surface area (Å²) in [6.45, 7) is 1.93. The van der Waals surface area contributed by atoms with Crippen molar-refractivity contribution in [2.24, 2.45) is 5.92 Å². The molecule has 1 saturated heterocycles. The number of nitrogens with zero attached hydrogens (tertiary/aromatic N) is 2. The van der Waals surface area contributed by atoms with Gasteiger partial charge in [-0.1, -0.05) is 19.8 Å². The number of amides is 1. The van der Waals surface area contributed by atoms with Crippen molar-refractivity contribution in [3.8, 4) is 5.75 Å². The molecule has 12 nitrogen and oxygen atoms in total. The van der Waals surface area contributed by atoms with Crippen molar-refractivity contribution in [2.45, 2.75) is 32.6 Å². The molecule has 0 spiro atoms. The monoisotopic (exact) mass is 602 g/mol. The molecule has 4 rings (SSSR count). The van der Waals surface area contributed by atoms with E-state index in [1.807, 2.05) is 0 Å². The molecule has 1 atom stereocenters. The molecule has 0 aromatic heterocycles. The molecule has 3 aromatic carbocycles. The van der Waals surface area contributed by atoms with Crippen molar-refractivity contribution in [1.29, 1.82) is 0 Å². The number of Topliss-reactive ketones (excluding diaryl/α,β-unsaturated/α-hetero) is 1. The molecule has 44 heavy (non-hydrogen) atoms. The normalized spacial score (nSPS) is 14.2. The number of anilines is 1. The molecular formula is C32H30N2O10. The van der Waals surface area contributed by atoms with E-state index in [1.165, 1.54) is 53.4 Å². The van der Waals surface area contributed by atoms with Crippen LogP contribution in [0.25, 0.3) is 0 Å². The molecule has 0 saturated carbocycles. The Labute approximate surface area is 252 Å². The van der Waals surface area contributed by atoms with Crippen LogP contribution in [-0.4, -0.2) is 54.3 Å². The summed E-state index contributed by atoms with van der Waals surface area (Å²) in [5.74, 6) is -3.26. The van der Waals surface area contributed by atoms with Gasteiger partial charge in [0.15, 0.2) is 12.4 Å². The molecular weight excluding hydrogens is 572 g/mol. The van der Waals surface area contributed by atoms with Crippen LogP contribution >= 0.6 is 0 Å². The van der Waals surface area contributed by atoms with Crippen molar-refractivity contribution in [3.05, 3.63) is 99.6 Å². The van der Waals surface area contributed by atoms with Gasteiger partial charge in [0.25, 0.3) is 5.69 Å². The van der Waals surface area contributed by atoms with Gasteiger partial charge in [0.1, 0.15) is 5.75 Å². The van der Waals surface area contributed by atoms with Crippen LogP contribution in [0.15, 0.2) is 72.8 Å². The molecule has 0 unspecified atom stereocenters. The van der Waals surface area contributed by atoms with Crippen LogP contribution < -0.4 is 9.64 Å². The van der Waals surface area contributed by atoms with Crippen LogP contribution in [0.3, 0.4) is 0 Å². The number of nitro benzene ring substituents is 1. The Balaban J connectivity index is 1.24. The Bertz CT molecular complexity index is 1530. The smallest absolute Gasteiger partial charge is 0.343 e. The Morgan fingerprint density at radius 1 is 0.841 bits per heavy atom. The second-order valence-electron chi connectivity index (χ2n) is 10.0. The maximum Gasteiger partial charge on any atom is 0.343 e. The Morgan fingerprint density at radius 2 is 1.45 bits per heavy atom. The molecule has 12 heteroatoms. The molecule has 1 heterocycles. The van der Waals surface area contributed by atoms with Gasteiger partial charge in [0, 0.05) is 36.3 Å². The molecule has 0 bridgehead atoms. The highest BCUT2D eigenvalue weighted by Crippen LogP contribution is 2.26. The van der Waals surface area contributed by atoms with E-state index in [4.69, 9.17) is 14.2 Å². The Morgan fingerprint density at radius 3 is 2.09 bits per heavy atom. The van der Waals surface area contributed by atoms with Gasteiger partial charge in [-0.05, 0) is 67.1 Å². The lowest BCUT2D eigenvalue weighted by Gasteiger charge is -2.17. The largest absolute Gasteiger partial charge is 0.462 e. The molecule has 228 valence electrons. The van der Waals surface area contributed by atoms with Crippen molar-refractivity contribution in [2.75, 3.05) is 24.7 Å². The van der Waals surface area contributed by atoms with E-state index in [0.29, 0.717) is 17.9 Å². The zero-order chi connectivity index (χ0) is 31.6. The van der Waals surface area contributed by atoms with Crippen LogP contribution in [0.5, 0.6) is 5.75 Å². The fraction of sp³-hybridized carbons (Fsp3) is 0.281. The van der Waals surface area contributed by atoms with E-state index in [9.17, 15) is 34.1 Å². The topological polar surface area (TPSA) is 159 Å². The summed E-state index contributed by atoms with van der Waals surface area (Å²) in [7, 11) is 0. The van der Waals surface area contributed by atoms with E-state index in [-0.39, 0.29) is 41.4 Å². The van der Waals surface area contributed by atoms with Gasteiger partial charge in [-0.2, -0.15) is 0 Å². The number of nitro groups is 1. The lowest BCUT2D eigenvalue weighted by Crippen LogP contribution is -2.27. The highest BCUT2D eigenvalue weighted by atomic mass is 16.6. The lowest BCUT2D eigenvalue weighted by atomic mass is 10.1. The average Bonchev–Trinajstić information content (AvgIpc) is 3.43. The molecule has 0 aliphatic carbocycles. The van der Waals surface area contributed by atoms with E-state index in [1.54, 1.807) is 24.3 Å². The Hall–Kier alpha value is -5.39. The minimum Gasteiger partial charge on any atom is -0.462 e.